The van der Waals surface area contributed by atoms with Crippen LogP contribution in [0.3, 0.4) is 0 Å². The summed E-state index contributed by atoms with van der Waals surface area (Å²) in [6.45, 7) is 4.03. The van der Waals surface area contributed by atoms with Crippen molar-refractivity contribution in [1.29, 1.82) is 0 Å². The number of anilines is 1. The third-order valence-electron chi connectivity index (χ3n) is 5.00. The molecule has 4 rings (SSSR count). The lowest BCUT2D eigenvalue weighted by Crippen LogP contribution is -2.33. The fraction of sp³-hybridized carbons (Fsp3) is 0.238. The Morgan fingerprint density at radius 2 is 2.07 bits per heavy atom. The number of methoxy groups -OCH3 is 1. The van der Waals surface area contributed by atoms with Gasteiger partial charge in [0.2, 0.25) is 0 Å². The molecule has 0 bridgehead atoms. The smallest absolute Gasteiger partial charge is 0.313 e. The third-order valence-corrected chi connectivity index (χ3v) is 5.00. The molecule has 6 nitrogen and oxygen atoms in total. The fourth-order valence-electron chi connectivity index (χ4n) is 3.75. The van der Waals surface area contributed by atoms with E-state index in [4.69, 9.17) is 9.73 Å². The van der Waals surface area contributed by atoms with Crippen molar-refractivity contribution in [1.82, 2.24) is 4.98 Å². The molecule has 3 N–H and O–H groups in total. The number of ether oxygens (including phenoxy) is 1. The van der Waals surface area contributed by atoms with Crippen molar-refractivity contribution in [2.24, 2.45) is 4.99 Å². The molecule has 0 radical (unpaired) electrons. The van der Waals surface area contributed by atoms with Gasteiger partial charge < -0.3 is 20.1 Å². The van der Waals surface area contributed by atoms with Crippen molar-refractivity contribution in [2.45, 2.75) is 25.8 Å². The van der Waals surface area contributed by atoms with Gasteiger partial charge in [-0.25, -0.2) is 4.99 Å². The Labute approximate surface area is 157 Å². The Morgan fingerprint density at radius 1 is 1.30 bits per heavy atom. The van der Waals surface area contributed by atoms with Crippen LogP contribution < -0.4 is 5.32 Å². The summed E-state index contributed by atoms with van der Waals surface area (Å²) in [6.07, 6.45) is 3.75. The minimum Gasteiger partial charge on any atom is -0.494 e. The molecule has 1 aromatic heterocycles. The molecule has 2 aliphatic heterocycles. The molecule has 0 saturated carbocycles. The van der Waals surface area contributed by atoms with Gasteiger partial charge in [-0.1, -0.05) is 18.2 Å². The van der Waals surface area contributed by atoms with Crippen LogP contribution in [-0.2, 0) is 9.53 Å². The zero-order valence-electron chi connectivity index (χ0n) is 15.4. The first-order valence-corrected chi connectivity index (χ1v) is 8.78. The first-order valence-electron chi connectivity index (χ1n) is 8.78. The van der Waals surface area contributed by atoms with Crippen LogP contribution >= 0.6 is 0 Å². The molecule has 6 heteroatoms. The number of carbonyl (C=O) groups is 1. The summed E-state index contributed by atoms with van der Waals surface area (Å²) < 4.78 is 5.49. The number of aliphatic imine (C=N–C) groups is 1. The number of nitrogens with one attached hydrogen (secondary N) is 2. The molecule has 27 heavy (non-hydrogen) atoms. The Kier molecular flexibility index (Phi) is 4.11. The van der Waals surface area contributed by atoms with Gasteiger partial charge in [0.25, 0.3) is 0 Å². The van der Waals surface area contributed by atoms with E-state index in [0.29, 0.717) is 17.2 Å². The quantitative estimate of drug-likeness (QED) is 0.774. The molecule has 2 aromatic rings. The van der Waals surface area contributed by atoms with Crippen molar-refractivity contribution < 1.29 is 14.6 Å². The summed E-state index contributed by atoms with van der Waals surface area (Å²) >= 11 is 0. The van der Waals surface area contributed by atoms with Gasteiger partial charge in [0.15, 0.2) is 0 Å². The van der Waals surface area contributed by atoms with E-state index in [9.17, 15) is 9.90 Å². The van der Waals surface area contributed by atoms with E-state index in [1.165, 1.54) is 0 Å². The lowest BCUT2D eigenvalue weighted by atomic mass is 9.92. The number of aromatic nitrogens is 1. The molecule has 0 spiro atoms. The Morgan fingerprint density at radius 3 is 2.74 bits per heavy atom. The number of carboxylic acid groups (broad SMARTS) is 1. The lowest BCUT2D eigenvalue weighted by Gasteiger charge is -2.15. The minimum atomic E-state index is -0.874. The molecule has 0 saturated heterocycles. The summed E-state index contributed by atoms with van der Waals surface area (Å²) in [5, 5.41) is 13.1. The number of benzene rings is 1. The second-order valence-electron chi connectivity index (χ2n) is 6.85. The maximum Gasteiger partial charge on any atom is 0.313 e. The van der Waals surface area contributed by atoms with Gasteiger partial charge >= 0.3 is 5.97 Å². The number of fused-ring (bicyclic) bond motifs is 1. The molecule has 0 amide bonds. The summed E-state index contributed by atoms with van der Waals surface area (Å²) in [5.74, 6) is -0.942. The number of rotatable bonds is 4. The van der Waals surface area contributed by atoms with Crippen molar-refractivity contribution in [3.05, 3.63) is 70.4 Å². The molecular formula is C21H21N3O3. The Balaban J connectivity index is 1.73. The van der Waals surface area contributed by atoms with E-state index in [-0.39, 0.29) is 0 Å². The monoisotopic (exact) mass is 363 g/mol. The number of para-hydroxylation sites is 1. The van der Waals surface area contributed by atoms with Gasteiger partial charge in [0.05, 0.1) is 18.9 Å². The number of hydrogen-bond acceptors (Lipinski definition) is 4. The van der Waals surface area contributed by atoms with Crippen LogP contribution in [0.1, 0.15) is 28.4 Å². The van der Waals surface area contributed by atoms with Crippen molar-refractivity contribution in [3.8, 4) is 0 Å². The van der Waals surface area contributed by atoms with Crippen LogP contribution in [0.2, 0.25) is 0 Å². The maximum absolute atomic E-state index is 11.9. The zero-order valence-corrected chi connectivity index (χ0v) is 15.4. The molecule has 2 aliphatic rings. The van der Waals surface area contributed by atoms with Crippen molar-refractivity contribution in [2.75, 3.05) is 12.4 Å². The molecule has 3 heterocycles. The zero-order chi connectivity index (χ0) is 19.1. The predicted octanol–water partition coefficient (Wildman–Crippen LogP) is 3.62. The second kappa shape index (κ2) is 6.46. The average molecular weight is 363 g/mol. The predicted molar refractivity (Wildman–Crippen MR) is 105 cm³/mol. The van der Waals surface area contributed by atoms with Crippen LogP contribution in [0.4, 0.5) is 5.69 Å². The standard InChI is InChI=1S/C21H21N3O3/c1-11-8-12(2)22-15(11)9-16-18(27-3)10-17(23-16)20-19(21(25)26)13-6-4-5-7-14(13)24-20/h4-10,19-20,22,24H,1-3H3,(H,25,26)/b16-9-. The number of nitrogens with zero attached hydrogens (tertiary/aromatic N) is 1. The highest BCUT2D eigenvalue weighted by Gasteiger charge is 2.41. The van der Waals surface area contributed by atoms with Crippen molar-refractivity contribution in [3.63, 3.8) is 0 Å². The topological polar surface area (TPSA) is 86.7 Å². The summed E-state index contributed by atoms with van der Waals surface area (Å²) in [7, 11) is 1.59. The number of aryl methyl sites for hydroxylation is 2. The third kappa shape index (κ3) is 2.93. The van der Waals surface area contributed by atoms with Gasteiger partial charge in [-0.15, -0.1) is 0 Å². The minimum absolute atomic E-state index is 0.442. The lowest BCUT2D eigenvalue weighted by molar-refractivity contribution is -0.138. The second-order valence-corrected chi connectivity index (χ2v) is 6.85. The average Bonchev–Trinajstić information content (AvgIpc) is 3.29. The summed E-state index contributed by atoms with van der Waals surface area (Å²) in [4.78, 5) is 19.9. The molecule has 2 atom stereocenters. The molecule has 0 aliphatic carbocycles. The van der Waals surface area contributed by atoms with Crippen LogP contribution in [0.15, 0.2) is 52.9 Å². The highest BCUT2D eigenvalue weighted by atomic mass is 16.5. The molecule has 2 unspecified atom stereocenters. The first kappa shape index (κ1) is 17.1. The Bertz CT molecular complexity index is 1010. The molecular weight excluding hydrogens is 342 g/mol. The highest BCUT2D eigenvalue weighted by Crippen LogP contribution is 2.38. The van der Waals surface area contributed by atoms with Gasteiger partial charge in [0.1, 0.15) is 17.4 Å². The van der Waals surface area contributed by atoms with Crippen LogP contribution in [0, 0.1) is 13.8 Å². The van der Waals surface area contributed by atoms with E-state index in [1.54, 1.807) is 7.11 Å². The maximum atomic E-state index is 11.9. The van der Waals surface area contributed by atoms with E-state index < -0.39 is 17.9 Å². The molecule has 138 valence electrons. The summed E-state index contributed by atoms with van der Waals surface area (Å²) in [6, 6.07) is 9.11. The van der Waals surface area contributed by atoms with Crippen molar-refractivity contribution >= 4 is 23.4 Å². The summed E-state index contributed by atoms with van der Waals surface area (Å²) in [5.41, 5.74) is 6.10. The highest BCUT2D eigenvalue weighted by molar-refractivity contribution is 6.09. The molecule has 1 aromatic carbocycles. The largest absolute Gasteiger partial charge is 0.494 e. The fourth-order valence-corrected chi connectivity index (χ4v) is 3.75. The number of hydrogen-bond donors (Lipinski definition) is 3. The number of aliphatic carboxylic acids is 1. The molecule has 0 fully saturated rings. The van der Waals surface area contributed by atoms with Gasteiger partial charge in [0, 0.05) is 23.2 Å². The Hall–Kier alpha value is -3.28. The SMILES string of the molecule is COC1=CC(C2Nc3ccccc3C2C(=O)O)=N/C1=C\c1[nH]c(C)cc1C. The van der Waals surface area contributed by atoms with E-state index in [0.717, 1.165) is 28.2 Å². The van der Waals surface area contributed by atoms with E-state index in [1.807, 2.05) is 50.3 Å². The van der Waals surface area contributed by atoms with Crippen LogP contribution in [-0.4, -0.2) is 34.9 Å². The normalized spacial score (nSPS) is 22.3. The number of aromatic amines is 1. The van der Waals surface area contributed by atoms with Crippen LogP contribution in [0.25, 0.3) is 6.08 Å². The number of H-pyrrole nitrogens is 1. The van der Waals surface area contributed by atoms with E-state index >= 15 is 0 Å². The van der Waals surface area contributed by atoms with E-state index in [2.05, 4.69) is 16.4 Å². The number of carboxylic acids is 1. The van der Waals surface area contributed by atoms with Gasteiger partial charge in [-0.05, 0) is 43.2 Å². The first-order chi connectivity index (χ1) is 13.0. The van der Waals surface area contributed by atoms with Crippen LogP contribution in [0.5, 0.6) is 0 Å². The van der Waals surface area contributed by atoms with Gasteiger partial charge in [-0.2, -0.15) is 0 Å². The van der Waals surface area contributed by atoms with Gasteiger partial charge in [-0.3, -0.25) is 4.79 Å².